The normalized spacial score (nSPS) is 15.0. The quantitative estimate of drug-likeness (QED) is 0.604. The van der Waals surface area contributed by atoms with E-state index in [2.05, 4.69) is 63.4 Å². The molecule has 2 aromatic carbocycles. The van der Waals surface area contributed by atoms with E-state index in [0.717, 1.165) is 59.8 Å². The molecule has 4 rings (SSSR count). The highest BCUT2D eigenvalue weighted by atomic mass is 32.2. The minimum Gasteiger partial charge on any atom is -0.381 e. The molecule has 2 heterocycles. The topological polar surface area (TPSA) is 51.4 Å². The number of pyridine rings is 1. The van der Waals surface area contributed by atoms with Gasteiger partial charge in [0, 0.05) is 60.1 Å². The molecule has 0 bridgehead atoms. The second-order valence-electron chi connectivity index (χ2n) is 7.40. The van der Waals surface area contributed by atoms with Crippen LogP contribution in [0.5, 0.6) is 0 Å². The maximum absolute atomic E-state index is 12.5. The highest BCUT2D eigenvalue weighted by molar-refractivity contribution is 7.98. The van der Waals surface area contributed by atoms with Crippen molar-refractivity contribution < 1.29 is 0 Å². The Kier molecular flexibility index (Phi) is 6.11. The fraction of sp³-hybridized carbons (Fsp3) is 0.348. The number of anilines is 2. The van der Waals surface area contributed by atoms with E-state index in [0.29, 0.717) is 6.54 Å². The number of hydrogen-bond donors (Lipinski definition) is 2. The van der Waals surface area contributed by atoms with Crippen LogP contribution in [0.3, 0.4) is 0 Å². The van der Waals surface area contributed by atoms with Gasteiger partial charge in [0.15, 0.2) is 0 Å². The molecule has 0 radical (unpaired) electrons. The fourth-order valence-electron chi connectivity index (χ4n) is 3.79. The molecule has 29 heavy (non-hydrogen) atoms. The van der Waals surface area contributed by atoms with Gasteiger partial charge in [0.05, 0.1) is 0 Å². The summed E-state index contributed by atoms with van der Waals surface area (Å²) in [5, 5.41) is 4.44. The number of aromatic nitrogens is 1. The van der Waals surface area contributed by atoms with Crippen LogP contribution in [0, 0.1) is 0 Å². The number of benzene rings is 2. The molecular formula is C23H28N4OS. The molecule has 1 saturated heterocycles. The Hall–Kier alpha value is -2.44. The molecule has 0 saturated carbocycles. The molecule has 0 amide bonds. The first-order valence-corrected chi connectivity index (χ1v) is 11.4. The molecule has 6 heteroatoms. The van der Waals surface area contributed by atoms with Gasteiger partial charge < -0.3 is 20.1 Å². The third kappa shape index (κ3) is 4.60. The summed E-state index contributed by atoms with van der Waals surface area (Å²) >= 11 is 1.67. The number of nitrogens with one attached hydrogen (secondary N) is 2. The number of rotatable bonds is 6. The molecule has 0 spiro atoms. The third-order valence-corrected chi connectivity index (χ3v) is 6.39. The van der Waals surface area contributed by atoms with Crippen molar-refractivity contribution >= 4 is 34.0 Å². The van der Waals surface area contributed by atoms with Gasteiger partial charge in [-0.1, -0.05) is 13.0 Å². The lowest BCUT2D eigenvalue weighted by atomic mass is 10.1. The predicted molar refractivity (Wildman–Crippen MR) is 124 cm³/mol. The Morgan fingerprint density at radius 2 is 1.79 bits per heavy atom. The van der Waals surface area contributed by atoms with Crippen LogP contribution in [0.4, 0.5) is 11.4 Å². The molecule has 5 nitrogen and oxygen atoms in total. The zero-order valence-corrected chi connectivity index (χ0v) is 17.9. The van der Waals surface area contributed by atoms with E-state index in [9.17, 15) is 4.79 Å². The van der Waals surface area contributed by atoms with Gasteiger partial charge in [0.1, 0.15) is 0 Å². The summed E-state index contributed by atoms with van der Waals surface area (Å²) in [6.07, 6.45) is 2.04. The molecule has 1 fully saturated rings. The maximum atomic E-state index is 12.5. The number of nitrogens with zero attached hydrogens (tertiary/aromatic N) is 2. The predicted octanol–water partition coefficient (Wildman–Crippen LogP) is 4.00. The molecule has 0 atom stereocenters. The minimum atomic E-state index is -0.0336. The van der Waals surface area contributed by atoms with Crippen molar-refractivity contribution in [2.24, 2.45) is 0 Å². The summed E-state index contributed by atoms with van der Waals surface area (Å²) in [5.41, 5.74) is 3.89. The van der Waals surface area contributed by atoms with Gasteiger partial charge in [-0.15, -0.1) is 11.8 Å². The first-order chi connectivity index (χ1) is 14.2. The van der Waals surface area contributed by atoms with Crippen LogP contribution in [0.15, 0.2) is 58.2 Å². The third-order valence-electron chi connectivity index (χ3n) is 5.66. The van der Waals surface area contributed by atoms with E-state index >= 15 is 0 Å². The van der Waals surface area contributed by atoms with Crippen LogP contribution in [-0.4, -0.2) is 48.9 Å². The smallest absolute Gasteiger partial charge is 0.253 e. The van der Waals surface area contributed by atoms with Crippen LogP contribution in [0.2, 0.25) is 0 Å². The molecule has 3 aromatic rings. The van der Waals surface area contributed by atoms with E-state index < -0.39 is 0 Å². The van der Waals surface area contributed by atoms with E-state index in [1.165, 1.54) is 5.69 Å². The number of piperazine rings is 1. The number of H-pyrrole nitrogens is 1. The number of hydrogen-bond acceptors (Lipinski definition) is 5. The second-order valence-corrected chi connectivity index (χ2v) is 8.28. The standard InChI is InChI=1S/C23H28N4OS/c1-3-26-10-12-27(13-11-26)20-7-5-19(6-8-20)24-16-18-14-17-4-9-21(29-2)15-22(17)25-23(18)28/h4-9,14-15,24H,3,10-13,16H2,1-2H3,(H,25,28). The van der Waals surface area contributed by atoms with Crippen LogP contribution in [0.1, 0.15) is 12.5 Å². The van der Waals surface area contributed by atoms with Gasteiger partial charge in [0.2, 0.25) is 0 Å². The summed E-state index contributed by atoms with van der Waals surface area (Å²) in [4.78, 5) is 21.5. The SMILES string of the molecule is CCN1CCN(c2ccc(NCc3cc4ccc(SC)cc4[nH]c3=O)cc2)CC1. The fourth-order valence-corrected chi connectivity index (χ4v) is 4.23. The Morgan fingerprint density at radius 1 is 1.03 bits per heavy atom. The first-order valence-electron chi connectivity index (χ1n) is 10.2. The number of likely N-dealkylation sites (N-methyl/N-ethyl adjacent to an activating group) is 1. The highest BCUT2D eigenvalue weighted by Gasteiger charge is 2.15. The van der Waals surface area contributed by atoms with Crippen LogP contribution < -0.4 is 15.8 Å². The van der Waals surface area contributed by atoms with Crippen LogP contribution in [-0.2, 0) is 6.54 Å². The Labute approximate surface area is 176 Å². The van der Waals surface area contributed by atoms with E-state index in [-0.39, 0.29) is 5.56 Å². The van der Waals surface area contributed by atoms with Crippen molar-refractivity contribution in [2.45, 2.75) is 18.4 Å². The number of fused-ring (bicyclic) bond motifs is 1. The first kappa shape index (κ1) is 19.9. The van der Waals surface area contributed by atoms with Gasteiger partial charge in [-0.25, -0.2) is 0 Å². The molecule has 2 N–H and O–H groups in total. The number of aromatic amines is 1. The van der Waals surface area contributed by atoms with Crippen LogP contribution in [0.25, 0.3) is 10.9 Å². The molecular weight excluding hydrogens is 380 g/mol. The summed E-state index contributed by atoms with van der Waals surface area (Å²) in [5.74, 6) is 0. The van der Waals surface area contributed by atoms with E-state index in [4.69, 9.17) is 0 Å². The lowest BCUT2D eigenvalue weighted by Gasteiger charge is -2.35. The van der Waals surface area contributed by atoms with Gasteiger partial charge in [0.25, 0.3) is 5.56 Å². The van der Waals surface area contributed by atoms with Crippen molar-refractivity contribution in [2.75, 3.05) is 49.2 Å². The van der Waals surface area contributed by atoms with Crippen molar-refractivity contribution in [3.8, 4) is 0 Å². The van der Waals surface area contributed by atoms with Crippen molar-refractivity contribution in [3.63, 3.8) is 0 Å². The average molecular weight is 409 g/mol. The average Bonchev–Trinajstić information content (AvgIpc) is 2.77. The lowest BCUT2D eigenvalue weighted by Crippen LogP contribution is -2.46. The summed E-state index contributed by atoms with van der Waals surface area (Å²) in [6.45, 7) is 8.25. The van der Waals surface area contributed by atoms with Crippen molar-refractivity contribution in [3.05, 3.63) is 64.4 Å². The van der Waals surface area contributed by atoms with Crippen molar-refractivity contribution in [1.82, 2.24) is 9.88 Å². The Bertz CT molecular complexity index is 1020. The van der Waals surface area contributed by atoms with E-state index in [1.807, 2.05) is 18.4 Å². The van der Waals surface area contributed by atoms with Crippen LogP contribution >= 0.6 is 11.8 Å². The molecule has 0 unspecified atom stereocenters. The van der Waals surface area contributed by atoms with Gasteiger partial charge in [-0.3, -0.25) is 4.79 Å². The zero-order chi connectivity index (χ0) is 20.2. The Morgan fingerprint density at radius 3 is 2.48 bits per heavy atom. The van der Waals surface area contributed by atoms with Gasteiger partial charge >= 0.3 is 0 Å². The Balaban J connectivity index is 1.41. The summed E-state index contributed by atoms with van der Waals surface area (Å²) in [7, 11) is 0. The highest BCUT2D eigenvalue weighted by Crippen LogP contribution is 2.22. The second kappa shape index (κ2) is 8.93. The van der Waals surface area contributed by atoms with Gasteiger partial charge in [-0.05, 0) is 60.7 Å². The summed E-state index contributed by atoms with van der Waals surface area (Å²) in [6, 6.07) is 16.7. The maximum Gasteiger partial charge on any atom is 0.253 e. The molecule has 1 aliphatic rings. The minimum absolute atomic E-state index is 0.0336. The van der Waals surface area contributed by atoms with Crippen molar-refractivity contribution in [1.29, 1.82) is 0 Å². The number of thioether (sulfide) groups is 1. The zero-order valence-electron chi connectivity index (χ0n) is 17.1. The molecule has 1 aliphatic heterocycles. The lowest BCUT2D eigenvalue weighted by molar-refractivity contribution is 0.271. The monoisotopic (exact) mass is 408 g/mol. The molecule has 0 aliphatic carbocycles. The van der Waals surface area contributed by atoms with E-state index in [1.54, 1.807) is 11.8 Å². The van der Waals surface area contributed by atoms with Gasteiger partial charge in [-0.2, -0.15) is 0 Å². The molecule has 152 valence electrons. The molecule has 1 aromatic heterocycles. The summed E-state index contributed by atoms with van der Waals surface area (Å²) < 4.78 is 0. The largest absolute Gasteiger partial charge is 0.381 e.